The minimum Gasteiger partial charge on any atom is -0.273 e. The normalized spacial score (nSPS) is 22.3. The van der Waals surface area contributed by atoms with Crippen LogP contribution < -0.4 is 0 Å². The lowest BCUT2D eigenvalue weighted by atomic mass is 9.79. The number of rotatable bonds is 3. The summed E-state index contributed by atoms with van der Waals surface area (Å²) < 4.78 is 27.4. The number of carbonyl (C=O) groups is 2. The largest absolute Gasteiger partial charge is 0.273 e. The van der Waals surface area contributed by atoms with Crippen molar-refractivity contribution < 1.29 is 18.0 Å². The number of aryl methyl sites for hydroxylation is 1. The summed E-state index contributed by atoms with van der Waals surface area (Å²) in [5.74, 6) is -1.54. The number of hydrogen-bond acceptors (Lipinski definition) is 5. The molecule has 1 fully saturated rings. The molecular weight excluding hydrogens is 366 g/mol. The van der Waals surface area contributed by atoms with Crippen molar-refractivity contribution in [3.8, 4) is 0 Å². The molecule has 2 atom stereocenters. The third kappa shape index (κ3) is 2.55. The summed E-state index contributed by atoms with van der Waals surface area (Å²) in [6.45, 7) is 1.90. The molecule has 1 aromatic heterocycles. The van der Waals surface area contributed by atoms with Gasteiger partial charge in [-0.05, 0) is 43.5 Å². The molecule has 142 valence electrons. The fourth-order valence-corrected chi connectivity index (χ4v) is 5.50. The van der Waals surface area contributed by atoms with E-state index in [2.05, 4.69) is 0 Å². The zero-order valence-corrected chi connectivity index (χ0v) is 16.2. The van der Waals surface area contributed by atoms with Crippen molar-refractivity contribution in [1.82, 2.24) is 14.0 Å². The Bertz CT molecular complexity index is 1040. The molecule has 0 unspecified atom stereocenters. The molecule has 0 radical (unpaired) electrons. The van der Waals surface area contributed by atoms with Crippen molar-refractivity contribution in [3.05, 3.63) is 53.3 Å². The number of fused-ring (bicyclic) bond motifs is 3. The number of benzene rings is 1. The van der Waals surface area contributed by atoms with E-state index in [0.717, 1.165) is 10.6 Å². The van der Waals surface area contributed by atoms with E-state index >= 15 is 0 Å². The summed E-state index contributed by atoms with van der Waals surface area (Å²) in [5, 5.41) is 2.65. The molecule has 1 aromatic carbocycles. The van der Waals surface area contributed by atoms with Crippen LogP contribution in [0.15, 0.2) is 41.4 Å². The summed E-state index contributed by atoms with van der Waals surface area (Å²) >= 11 is 0. The molecule has 1 saturated heterocycles. The van der Waals surface area contributed by atoms with Gasteiger partial charge in [-0.3, -0.25) is 9.59 Å². The van der Waals surface area contributed by atoms with Crippen LogP contribution in [0.25, 0.3) is 0 Å². The fourth-order valence-electron chi connectivity index (χ4n) is 4.09. The SMILES string of the molecule is Cc1ccc(S(=O)(=O)n2ccc3c2CC[C@H]2C(=O)N(N(C)C)C(=O)[C@@H]32)cc1. The number of amides is 2. The molecule has 7 nitrogen and oxygen atoms in total. The van der Waals surface area contributed by atoms with Gasteiger partial charge in [-0.1, -0.05) is 17.7 Å². The molecule has 0 saturated carbocycles. The molecule has 2 amide bonds. The highest BCUT2D eigenvalue weighted by Crippen LogP contribution is 2.44. The van der Waals surface area contributed by atoms with Gasteiger partial charge in [-0.25, -0.2) is 22.4 Å². The minimum atomic E-state index is -3.75. The molecule has 2 aliphatic rings. The van der Waals surface area contributed by atoms with E-state index in [1.807, 2.05) is 6.92 Å². The Morgan fingerprint density at radius 2 is 1.70 bits per heavy atom. The number of nitrogens with zero attached hydrogens (tertiary/aromatic N) is 3. The van der Waals surface area contributed by atoms with E-state index in [1.54, 1.807) is 44.4 Å². The number of carbonyl (C=O) groups excluding carboxylic acids is 2. The number of aromatic nitrogens is 1. The van der Waals surface area contributed by atoms with Gasteiger partial charge in [0, 0.05) is 26.0 Å². The maximum Gasteiger partial charge on any atom is 0.267 e. The predicted molar refractivity (Wildman–Crippen MR) is 98.3 cm³/mol. The van der Waals surface area contributed by atoms with Gasteiger partial charge in [-0.15, -0.1) is 0 Å². The standard InChI is InChI=1S/C19H21N3O4S/c1-12-4-6-13(7-5-12)27(25,26)21-11-10-14-16(21)9-8-15-17(14)19(24)22(18(15)23)20(2)3/h4-7,10-11,15,17H,8-9H2,1-3H3/t15-,17+/m1/s1. The van der Waals surface area contributed by atoms with E-state index < -0.39 is 21.9 Å². The topological polar surface area (TPSA) is 79.7 Å². The van der Waals surface area contributed by atoms with E-state index in [9.17, 15) is 18.0 Å². The minimum absolute atomic E-state index is 0.206. The Balaban J connectivity index is 1.78. The second kappa shape index (κ2) is 6.03. The highest BCUT2D eigenvalue weighted by atomic mass is 32.2. The van der Waals surface area contributed by atoms with Crippen molar-refractivity contribution in [1.29, 1.82) is 0 Å². The number of imide groups is 1. The zero-order chi connectivity index (χ0) is 19.5. The Morgan fingerprint density at radius 3 is 2.33 bits per heavy atom. The molecule has 27 heavy (non-hydrogen) atoms. The fraction of sp³-hybridized carbons (Fsp3) is 0.368. The van der Waals surface area contributed by atoms with Crippen LogP contribution in [0, 0.1) is 12.8 Å². The van der Waals surface area contributed by atoms with E-state index in [0.29, 0.717) is 24.1 Å². The van der Waals surface area contributed by atoms with Crippen LogP contribution in [0.4, 0.5) is 0 Å². The molecule has 1 aliphatic carbocycles. The Labute approximate surface area is 158 Å². The van der Waals surface area contributed by atoms with Crippen molar-refractivity contribution in [2.24, 2.45) is 5.92 Å². The van der Waals surface area contributed by atoms with Crippen molar-refractivity contribution >= 4 is 21.8 Å². The third-order valence-corrected chi connectivity index (χ3v) is 7.12. The van der Waals surface area contributed by atoms with Gasteiger partial charge in [0.25, 0.3) is 15.9 Å². The van der Waals surface area contributed by atoms with Crippen LogP contribution in [-0.2, 0) is 26.0 Å². The van der Waals surface area contributed by atoms with Crippen molar-refractivity contribution in [2.45, 2.75) is 30.6 Å². The number of hydrazine groups is 1. The maximum atomic E-state index is 13.1. The van der Waals surface area contributed by atoms with Crippen LogP contribution in [-0.4, -0.2) is 48.3 Å². The monoisotopic (exact) mass is 387 g/mol. The van der Waals surface area contributed by atoms with Crippen LogP contribution in [0.3, 0.4) is 0 Å². The summed E-state index contributed by atoms with van der Waals surface area (Å²) in [5.41, 5.74) is 2.22. The average molecular weight is 387 g/mol. The van der Waals surface area contributed by atoms with Gasteiger partial charge in [0.2, 0.25) is 5.91 Å². The van der Waals surface area contributed by atoms with Gasteiger partial charge in [0.05, 0.1) is 16.7 Å². The third-order valence-electron chi connectivity index (χ3n) is 5.40. The molecule has 0 spiro atoms. The molecule has 0 bridgehead atoms. The van der Waals surface area contributed by atoms with Crippen LogP contribution in [0.5, 0.6) is 0 Å². The van der Waals surface area contributed by atoms with Crippen LogP contribution in [0.2, 0.25) is 0 Å². The van der Waals surface area contributed by atoms with Gasteiger partial charge >= 0.3 is 0 Å². The van der Waals surface area contributed by atoms with Crippen LogP contribution >= 0.6 is 0 Å². The highest BCUT2D eigenvalue weighted by Gasteiger charge is 2.52. The maximum absolute atomic E-state index is 13.1. The first-order valence-corrected chi connectivity index (χ1v) is 10.2. The molecule has 2 aromatic rings. The molecule has 2 heterocycles. The summed E-state index contributed by atoms with van der Waals surface area (Å²) in [7, 11) is -0.439. The van der Waals surface area contributed by atoms with E-state index in [1.165, 1.54) is 15.2 Å². The Kier molecular flexibility index (Phi) is 4.01. The zero-order valence-electron chi connectivity index (χ0n) is 15.4. The van der Waals surface area contributed by atoms with Gasteiger partial charge in [0.1, 0.15) is 0 Å². The molecular formula is C19H21N3O4S. The molecule has 4 rings (SSSR count). The first-order valence-electron chi connectivity index (χ1n) is 8.81. The highest BCUT2D eigenvalue weighted by molar-refractivity contribution is 7.90. The second-order valence-corrected chi connectivity index (χ2v) is 9.10. The lowest BCUT2D eigenvalue weighted by molar-refractivity contribution is -0.154. The predicted octanol–water partition coefficient (Wildman–Crippen LogP) is 1.52. The van der Waals surface area contributed by atoms with Gasteiger partial charge in [-0.2, -0.15) is 0 Å². The van der Waals surface area contributed by atoms with Crippen molar-refractivity contribution in [3.63, 3.8) is 0 Å². The first kappa shape index (κ1) is 17.9. The lowest BCUT2D eigenvalue weighted by Gasteiger charge is -2.23. The molecule has 8 heteroatoms. The van der Waals surface area contributed by atoms with Gasteiger partial charge in [0.15, 0.2) is 0 Å². The van der Waals surface area contributed by atoms with Crippen molar-refractivity contribution in [2.75, 3.05) is 14.1 Å². The Morgan fingerprint density at radius 1 is 1.04 bits per heavy atom. The second-order valence-electron chi connectivity index (χ2n) is 7.29. The quantitative estimate of drug-likeness (QED) is 0.746. The van der Waals surface area contributed by atoms with E-state index in [4.69, 9.17) is 0 Å². The van der Waals surface area contributed by atoms with Gasteiger partial charge < -0.3 is 0 Å². The van der Waals surface area contributed by atoms with E-state index in [-0.39, 0.29) is 16.7 Å². The first-order chi connectivity index (χ1) is 12.7. The molecule has 0 N–H and O–H groups in total. The average Bonchev–Trinajstić information content (AvgIpc) is 3.15. The Hall–Kier alpha value is -2.45. The number of hydrogen-bond donors (Lipinski definition) is 0. The van der Waals surface area contributed by atoms with Crippen LogP contribution in [0.1, 0.15) is 29.2 Å². The summed E-state index contributed by atoms with van der Waals surface area (Å²) in [6, 6.07) is 8.35. The summed E-state index contributed by atoms with van der Waals surface area (Å²) in [4.78, 5) is 25.6. The molecule has 1 aliphatic heterocycles. The smallest absolute Gasteiger partial charge is 0.267 e. The lowest BCUT2D eigenvalue weighted by Crippen LogP contribution is -2.42. The summed E-state index contributed by atoms with van der Waals surface area (Å²) in [6.07, 6.45) is 2.40.